The Balaban J connectivity index is 0.000000796. The van der Waals surface area contributed by atoms with Crippen LogP contribution in [0.2, 0.25) is 0 Å². The summed E-state index contributed by atoms with van der Waals surface area (Å²) in [5.74, 6) is -0.991. The zero-order valence-electron chi connectivity index (χ0n) is 10.4. The molecule has 9 nitrogen and oxygen atoms in total. The maximum Gasteiger partial charge on any atom is 0.300 e. The number of hydrogen-bond acceptors (Lipinski definition) is 5. The SMILES string of the molecule is CC(=O)O.NC(N)=NN=Cc1ccc([N+](=O)[O-])cc1Br. The van der Waals surface area contributed by atoms with Crippen LogP contribution >= 0.6 is 15.9 Å². The summed E-state index contributed by atoms with van der Waals surface area (Å²) in [6, 6.07) is 4.27. The fraction of sp³-hybridized carbons (Fsp3) is 0.100. The monoisotopic (exact) mass is 345 g/mol. The van der Waals surface area contributed by atoms with E-state index >= 15 is 0 Å². The van der Waals surface area contributed by atoms with Gasteiger partial charge in [0.05, 0.1) is 11.1 Å². The molecule has 0 aliphatic rings. The predicted molar refractivity (Wildman–Crippen MR) is 77.5 cm³/mol. The molecule has 0 unspecified atom stereocenters. The van der Waals surface area contributed by atoms with Gasteiger partial charge in [-0.2, -0.15) is 5.10 Å². The standard InChI is InChI=1S/C8H8BrN5O2.C2H4O2/c9-7-3-6(14(15)16)2-1-5(7)4-12-13-8(10)11;1-2(3)4/h1-4H,(H4,10,11,13);1H3,(H,3,4). The van der Waals surface area contributed by atoms with E-state index in [-0.39, 0.29) is 11.6 Å². The third kappa shape index (κ3) is 7.76. The highest BCUT2D eigenvalue weighted by Crippen LogP contribution is 2.21. The van der Waals surface area contributed by atoms with Crippen LogP contribution in [0.3, 0.4) is 0 Å². The molecule has 1 aromatic rings. The molecule has 0 spiro atoms. The fourth-order valence-electron chi connectivity index (χ4n) is 0.892. The number of nitrogens with two attached hydrogens (primary N) is 2. The van der Waals surface area contributed by atoms with Crippen molar-refractivity contribution in [1.29, 1.82) is 0 Å². The number of aliphatic carboxylic acids is 1. The molecule has 0 amide bonds. The molecule has 0 saturated carbocycles. The third-order valence-corrected chi connectivity index (χ3v) is 2.25. The Morgan fingerprint density at radius 2 is 2.05 bits per heavy atom. The molecule has 0 fully saturated rings. The van der Waals surface area contributed by atoms with Crippen molar-refractivity contribution in [2.45, 2.75) is 6.92 Å². The lowest BCUT2D eigenvalue weighted by Crippen LogP contribution is -2.21. The first-order valence-electron chi connectivity index (χ1n) is 4.99. The highest BCUT2D eigenvalue weighted by molar-refractivity contribution is 9.10. The molecule has 1 rings (SSSR count). The first-order chi connectivity index (χ1) is 9.23. The second-order valence-corrected chi connectivity index (χ2v) is 4.11. The van der Waals surface area contributed by atoms with Crippen LogP contribution in [-0.4, -0.2) is 28.2 Å². The summed E-state index contributed by atoms with van der Waals surface area (Å²) < 4.78 is 0.538. The number of rotatable bonds is 3. The lowest BCUT2D eigenvalue weighted by atomic mass is 10.2. The van der Waals surface area contributed by atoms with E-state index in [0.717, 1.165) is 6.92 Å². The zero-order valence-corrected chi connectivity index (χ0v) is 11.9. The van der Waals surface area contributed by atoms with Crippen LogP contribution in [0.1, 0.15) is 12.5 Å². The molecular weight excluding hydrogens is 334 g/mol. The first kappa shape index (κ1) is 17.5. The van der Waals surface area contributed by atoms with E-state index in [1.54, 1.807) is 0 Å². The van der Waals surface area contributed by atoms with Gasteiger partial charge in [0.25, 0.3) is 11.7 Å². The summed E-state index contributed by atoms with van der Waals surface area (Å²) in [5, 5.41) is 24.9. The van der Waals surface area contributed by atoms with Crippen LogP contribution in [0.25, 0.3) is 0 Å². The van der Waals surface area contributed by atoms with Gasteiger partial charge in [0.2, 0.25) is 5.96 Å². The molecule has 10 heteroatoms. The largest absolute Gasteiger partial charge is 0.481 e. The Kier molecular flexibility index (Phi) is 7.52. The molecule has 0 atom stereocenters. The number of nitro benzene ring substituents is 1. The molecule has 1 aromatic carbocycles. The minimum atomic E-state index is -0.833. The average molecular weight is 346 g/mol. The quantitative estimate of drug-likeness (QED) is 0.321. The predicted octanol–water partition coefficient (Wildman–Crippen LogP) is 1.06. The molecule has 0 radical (unpaired) electrons. The van der Waals surface area contributed by atoms with Crippen LogP contribution in [-0.2, 0) is 4.79 Å². The molecule has 0 saturated heterocycles. The molecule has 0 aliphatic heterocycles. The molecule has 0 bridgehead atoms. The minimum absolute atomic E-state index is 0.00846. The summed E-state index contributed by atoms with van der Waals surface area (Å²) in [4.78, 5) is 19.0. The lowest BCUT2D eigenvalue weighted by Gasteiger charge is -1.96. The number of nitro groups is 1. The van der Waals surface area contributed by atoms with Crippen molar-refractivity contribution in [3.63, 3.8) is 0 Å². The Bertz CT molecular complexity index is 551. The van der Waals surface area contributed by atoms with Crippen LogP contribution < -0.4 is 11.5 Å². The van der Waals surface area contributed by atoms with Gasteiger partial charge in [0, 0.05) is 29.1 Å². The summed E-state index contributed by atoms with van der Waals surface area (Å²) in [6.07, 6.45) is 1.38. The molecule has 0 aromatic heterocycles. The molecular formula is C10H12BrN5O4. The molecule has 20 heavy (non-hydrogen) atoms. The van der Waals surface area contributed by atoms with Crippen molar-refractivity contribution in [2.24, 2.45) is 21.7 Å². The number of carbonyl (C=O) groups is 1. The average Bonchev–Trinajstić information content (AvgIpc) is 2.29. The molecule has 0 heterocycles. The van der Waals surface area contributed by atoms with Gasteiger partial charge in [0.1, 0.15) is 0 Å². The number of benzene rings is 1. The van der Waals surface area contributed by atoms with Crippen molar-refractivity contribution in [3.05, 3.63) is 38.3 Å². The number of carboxylic acid groups (broad SMARTS) is 1. The first-order valence-corrected chi connectivity index (χ1v) is 5.78. The van der Waals surface area contributed by atoms with E-state index in [1.165, 1.54) is 24.4 Å². The van der Waals surface area contributed by atoms with Crippen molar-refractivity contribution >= 4 is 39.8 Å². The normalized spacial score (nSPS) is 9.50. The maximum atomic E-state index is 10.5. The molecule has 108 valence electrons. The number of nitrogens with zero attached hydrogens (tertiary/aromatic N) is 3. The van der Waals surface area contributed by atoms with Crippen LogP contribution in [0, 0.1) is 10.1 Å². The maximum absolute atomic E-state index is 10.5. The van der Waals surface area contributed by atoms with Crippen molar-refractivity contribution < 1.29 is 14.8 Å². The van der Waals surface area contributed by atoms with Crippen molar-refractivity contribution in [1.82, 2.24) is 0 Å². The van der Waals surface area contributed by atoms with E-state index in [9.17, 15) is 10.1 Å². The summed E-state index contributed by atoms with van der Waals surface area (Å²) in [6.45, 7) is 1.08. The smallest absolute Gasteiger partial charge is 0.300 e. The highest BCUT2D eigenvalue weighted by Gasteiger charge is 2.07. The van der Waals surface area contributed by atoms with Gasteiger partial charge >= 0.3 is 0 Å². The fourth-order valence-corrected chi connectivity index (χ4v) is 1.36. The highest BCUT2D eigenvalue weighted by atomic mass is 79.9. The Hall–Kier alpha value is -2.49. The summed E-state index contributed by atoms with van der Waals surface area (Å²) in [5.41, 5.74) is 10.8. The van der Waals surface area contributed by atoms with E-state index in [4.69, 9.17) is 21.4 Å². The second-order valence-electron chi connectivity index (χ2n) is 3.25. The topological polar surface area (TPSA) is 157 Å². The van der Waals surface area contributed by atoms with Crippen LogP contribution in [0.5, 0.6) is 0 Å². The number of guanidine groups is 1. The van der Waals surface area contributed by atoms with Gasteiger partial charge < -0.3 is 16.6 Å². The number of carboxylic acids is 1. The Morgan fingerprint density at radius 1 is 1.50 bits per heavy atom. The van der Waals surface area contributed by atoms with Crippen molar-refractivity contribution in [3.8, 4) is 0 Å². The van der Waals surface area contributed by atoms with Gasteiger partial charge in [-0.25, -0.2) is 0 Å². The number of hydrogen-bond donors (Lipinski definition) is 3. The molecule has 0 aliphatic carbocycles. The third-order valence-electron chi connectivity index (χ3n) is 1.56. The van der Waals surface area contributed by atoms with E-state index in [1.807, 2.05) is 0 Å². The van der Waals surface area contributed by atoms with Gasteiger partial charge in [-0.1, -0.05) is 0 Å². The van der Waals surface area contributed by atoms with Crippen molar-refractivity contribution in [2.75, 3.05) is 0 Å². The van der Waals surface area contributed by atoms with E-state index in [0.29, 0.717) is 10.0 Å². The number of halogens is 1. The van der Waals surface area contributed by atoms with Crippen LogP contribution in [0.15, 0.2) is 32.9 Å². The van der Waals surface area contributed by atoms with Gasteiger partial charge in [-0.15, -0.1) is 5.10 Å². The van der Waals surface area contributed by atoms with E-state index < -0.39 is 10.9 Å². The van der Waals surface area contributed by atoms with E-state index in [2.05, 4.69) is 26.1 Å². The van der Waals surface area contributed by atoms with Crippen LogP contribution in [0.4, 0.5) is 5.69 Å². The zero-order chi connectivity index (χ0) is 15.7. The summed E-state index contributed by atoms with van der Waals surface area (Å²) in [7, 11) is 0. The van der Waals surface area contributed by atoms with Gasteiger partial charge in [-0.3, -0.25) is 14.9 Å². The number of non-ortho nitro benzene ring substituents is 1. The Morgan fingerprint density at radius 3 is 2.45 bits per heavy atom. The minimum Gasteiger partial charge on any atom is -0.481 e. The van der Waals surface area contributed by atoms with Gasteiger partial charge in [-0.05, 0) is 22.0 Å². The molecule has 5 N–H and O–H groups in total. The summed E-state index contributed by atoms with van der Waals surface area (Å²) >= 11 is 3.18. The Labute approximate surface area is 122 Å². The second kappa shape index (κ2) is 8.58. The lowest BCUT2D eigenvalue weighted by molar-refractivity contribution is -0.384. The van der Waals surface area contributed by atoms with Gasteiger partial charge in [0.15, 0.2) is 0 Å².